The Balaban J connectivity index is 2.21. The molecule has 6 heteroatoms. The molecule has 0 aliphatic heterocycles. The Morgan fingerprint density at radius 2 is 2.05 bits per heavy atom. The maximum atomic E-state index is 11.4. The molecule has 1 aromatic rings. The van der Waals surface area contributed by atoms with E-state index in [1.165, 1.54) is 18.9 Å². The summed E-state index contributed by atoms with van der Waals surface area (Å²) in [5, 5.41) is 5.68. The van der Waals surface area contributed by atoms with Crippen LogP contribution in [0, 0.1) is 5.92 Å². The van der Waals surface area contributed by atoms with Gasteiger partial charge in [-0.15, -0.1) is 11.8 Å². The number of primary sulfonamides is 1. The Hall–Kier alpha value is -0.720. The van der Waals surface area contributed by atoms with Gasteiger partial charge >= 0.3 is 0 Å². The van der Waals surface area contributed by atoms with E-state index in [4.69, 9.17) is 10.9 Å². The Kier molecular flexibility index (Phi) is 4.43. The van der Waals surface area contributed by atoms with Crippen LogP contribution in [0.2, 0.25) is 0 Å². The van der Waals surface area contributed by atoms with E-state index < -0.39 is 10.0 Å². The molecule has 2 rings (SSSR count). The van der Waals surface area contributed by atoms with Crippen LogP contribution in [-0.4, -0.2) is 13.7 Å². The first-order chi connectivity index (χ1) is 8.88. The van der Waals surface area contributed by atoms with Crippen LogP contribution in [0.5, 0.6) is 0 Å². The molecule has 19 heavy (non-hydrogen) atoms. The van der Waals surface area contributed by atoms with Crippen molar-refractivity contribution in [1.82, 2.24) is 0 Å². The van der Waals surface area contributed by atoms with Crippen molar-refractivity contribution in [1.29, 1.82) is 0 Å². The molecule has 0 aromatic heterocycles. The van der Waals surface area contributed by atoms with Gasteiger partial charge < -0.3 is 5.73 Å². The predicted molar refractivity (Wildman–Crippen MR) is 79.5 cm³/mol. The SMILES string of the molecule is CC1CCCC(Sc2cccc(S(N)(=O)=O)c2N)C1. The molecule has 4 nitrogen and oxygen atoms in total. The van der Waals surface area contributed by atoms with Gasteiger partial charge in [0.05, 0.1) is 5.69 Å². The smallest absolute Gasteiger partial charge is 0.240 e. The number of sulfonamides is 1. The van der Waals surface area contributed by atoms with Crippen LogP contribution < -0.4 is 10.9 Å². The number of anilines is 1. The first kappa shape index (κ1) is 14.7. The van der Waals surface area contributed by atoms with Gasteiger partial charge in [-0.25, -0.2) is 13.6 Å². The van der Waals surface area contributed by atoms with E-state index in [0.717, 1.165) is 23.7 Å². The fourth-order valence-electron chi connectivity index (χ4n) is 2.54. The molecule has 1 saturated carbocycles. The zero-order valence-electron chi connectivity index (χ0n) is 11.0. The van der Waals surface area contributed by atoms with E-state index >= 15 is 0 Å². The third-order valence-corrected chi connectivity index (χ3v) is 5.86. The number of rotatable bonds is 3. The van der Waals surface area contributed by atoms with Crippen molar-refractivity contribution in [3.05, 3.63) is 18.2 Å². The summed E-state index contributed by atoms with van der Waals surface area (Å²) < 4.78 is 22.9. The highest BCUT2D eigenvalue weighted by molar-refractivity contribution is 8.00. The summed E-state index contributed by atoms with van der Waals surface area (Å²) >= 11 is 1.68. The summed E-state index contributed by atoms with van der Waals surface area (Å²) in [6.07, 6.45) is 4.83. The summed E-state index contributed by atoms with van der Waals surface area (Å²) in [6.45, 7) is 2.26. The molecular formula is C13H20N2O2S2. The fraction of sp³-hybridized carbons (Fsp3) is 0.538. The van der Waals surface area contributed by atoms with E-state index in [1.54, 1.807) is 17.8 Å². The topological polar surface area (TPSA) is 86.2 Å². The van der Waals surface area contributed by atoms with E-state index in [1.807, 2.05) is 6.07 Å². The Labute approximate surface area is 119 Å². The minimum Gasteiger partial charge on any atom is -0.397 e. The van der Waals surface area contributed by atoms with Gasteiger partial charge in [-0.1, -0.05) is 25.8 Å². The molecule has 1 aliphatic rings. The number of nitrogen functional groups attached to an aromatic ring is 1. The molecule has 0 spiro atoms. The van der Waals surface area contributed by atoms with Crippen molar-refractivity contribution in [3.8, 4) is 0 Å². The van der Waals surface area contributed by atoms with Gasteiger partial charge in [0.15, 0.2) is 0 Å². The largest absolute Gasteiger partial charge is 0.397 e. The molecule has 0 saturated heterocycles. The van der Waals surface area contributed by atoms with Gasteiger partial charge in [-0.2, -0.15) is 0 Å². The lowest BCUT2D eigenvalue weighted by atomic mass is 9.91. The van der Waals surface area contributed by atoms with Crippen LogP contribution in [0.15, 0.2) is 28.0 Å². The molecule has 1 aliphatic carbocycles. The van der Waals surface area contributed by atoms with E-state index in [2.05, 4.69) is 6.92 Å². The maximum absolute atomic E-state index is 11.4. The number of thioether (sulfide) groups is 1. The molecule has 0 amide bonds. The number of nitrogens with two attached hydrogens (primary N) is 2. The summed E-state index contributed by atoms with van der Waals surface area (Å²) in [7, 11) is -3.75. The van der Waals surface area contributed by atoms with Crippen molar-refractivity contribution < 1.29 is 8.42 Å². The average molecular weight is 300 g/mol. The Morgan fingerprint density at radius 3 is 2.68 bits per heavy atom. The predicted octanol–water partition coefficient (Wildman–Crippen LogP) is 2.59. The van der Waals surface area contributed by atoms with Gasteiger partial charge in [0, 0.05) is 10.1 Å². The molecular weight excluding hydrogens is 280 g/mol. The Morgan fingerprint density at radius 1 is 1.32 bits per heavy atom. The summed E-state index contributed by atoms with van der Waals surface area (Å²) in [6, 6.07) is 5.02. The second-order valence-electron chi connectivity index (χ2n) is 5.22. The normalized spacial score (nSPS) is 24.3. The van der Waals surface area contributed by atoms with Crippen LogP contribution in [0.3, 0.4) is 0 Å². The monoisotopic (exact) mass is 300 g/mol. The zero-order chi connectivity index (χ0) is 14.0. The number of para-hydroxylation sites is 1. The quantitative estimate of drug-likeness (QED) is 0.840. The fourth-order valence-corrected chi connectivity index (χ4v) is 4.75. The highest BCUT2D eigenvalue weighted by Gasteiger charge is 2.22. The first-order valence-electron chi connectivity index (χ1n) is 6.46. The molecule has 2 atom stereocenters. The molecule has 0 heterocycles. The van der Waals surface area contributed by atoms with Crippen LogP contribution in [-0.2, 0) is 10.0 Å². The number of hydrogen-bond acceptors (Lipinski definition) is 4. The van der Waals surface area contributed by atoms with Gasteiger partial charge in [0.25, 0.3) is 0 Å². The first-order valence-corrected chi connectivity index (χ1v) is 8.88. The van der Waals surface area contributed by atoms with Crippen molar-refractivity contribution >= 4 is 27.5 Å². The lowest BCUT2D eigenvalue weighted by Crippen LogP contribution is -2.17. The van der Waals surface area contributed by atoms with Gasteiger partial charge in [0.2, 0.25) is 10.0 Å². The molecule has 0 radical (unpaired) electrons. The van der Waals surface area contributed by atoms with Crippen LogP contribution in [0.1, 0.15) is 32.6 Å². The van der Waals surface area contributed by atoms with E-state index in [-0.39, 0.29) is 10.6 Å². The lowest BCUT2D eigenvalue weighted by molar-refractivity contribution is 0.394. The van der Waals surface area contributed by atoms with Crippen molar-refractivity contribution in [2.75, 3.05) is 5.73 Å². The molecule has 1 fully saturated rings. The van der Waals surface area contributed by atoms with E-state index in [9.17, 15) is 8.42 Å². The highest BCUT2D eigenvalue weighted by Crippen LogP contribution is 2.39. The molecule has 1 aromatic carbocycles. The van der Waals surface area contributed by atoms with Crippen LogP contribution in [0.4, 0.5) is 5.69 Å². The van der Waals surface area contributed by atoms with Gasteiger partial charge in [-0.3, -0.25) is 0 Å². The molecule has 4 N–H and O–H groups in total. The third-order valence-electron chi connectivity index (χ3n) is 3.51. The third kappa shape index (κ3) is 3.64. The van der Waals surface area contributed by atoms with Crippen molar-refractivity contribution in [2.45, 2.75) is 47.6 Å². The van der Waals surface area contributed by atoms with Crippen molar-refractivity contribution in [2.24, 2.45) is 11.1 Å². The highest BCUT2D eigenvalue weighted by atomic mass is 32.2. The molecule has 106 valence electrons. The summed E-state index contributed by atoms with van der Waals surface area (Å²) in [4.78, 5) is 0.854. The molecule has 0 bridgehead atoms. The van der Waals surface area contributed by atoms with Crippen LogP contribution in [0.25, 0.3) is 0 Å². The standard InChI is InChI=1S/C13H20N2O2S2/c1-9-4-2-5-10(8-9)18-11-6-3-7-12(13(11)14)19(15,16)17/h3,6-7,9-10H,2,4-5,8,14H2,1H3,(H2,15,16,17). The Bertz CT molecular complexity index is 558. The maximum Gasteiger partial charge on any atom is 0.240 e. The number of benzene rings is 1. The zero-order valence-corrected chi connectivity index (χ0v) is 12.6. The number of hydrogen-bond donors (Lipinski definition) is 2. The van der Waals surface area contributed by atoms with Crippen molar-refractivity contribution in [3.63, 3.8) is 0 Å². The molecule has 2 unspecified atom stereocenters. The lowest BCUT2D eigenvalue weighted by Gasteiger charge is -2.26. The average Bonchev–Trinajstić information content (AvgIpc) is 2.30. The minimum atomic E-state index is -3.75. The van der Waals surface area contributed by atoms with Gasteiger partial charge in [-0.05, 0) is 30.9 Å². The van der Waals surface area contributed by atoms with Crippen LogP contribution >= 0.6 is 11.8 Å². The summed E-state index contributed by atoms with van der Waals surface area (Å²) in [5.74, 6) is 0.730. The summed E-state index contributed by atoms with van der Waals surface area (Å²) in [5.41, 5.74) is 6.23. The minimum absolute atomic E-state index is 0.0290. The van der Waals surface area contributed by atoms with Gasteiger partial charge in [0.1, 0.15) is 4.90 Å². The second kappa shape index (κ2) is 5.73. The second-order valence-corrected chi connectivity index (χ2v) is 8.10. The van der Waals surface area contributed by atoms with E-state index in [0.29, 0.717) is 5.25 Å².